The summed E-state index contributed by atoms with van der Waals surface area (Å²) < 4.78 is 0. The second-order valence-corrected chi connectivity index (χ2v) is 5.53. The third-order valence-electron chi connectivity index (χ3n) is 3.61. The number of amides is 1. The minimum absolute atomic E-state index is 0.102. The van der Waals surface area contributed by atoms with Crippen molar-refractivity contribution < 1.29 is 4.79 Å². The van der Waals surface area contributed by atoms with Crippen molar-refractivity contribution in [3.63, 3.8) is 0 Å². The molecule has 0 unspecified atom stereocenters. The van der Waals surface area contributed by atoms with Gasteiger partial charge in [-0.25, -0.2) is 0 Å². The summed E-state index contributed by atoms with van der Waals surface area (Å²) in [7, 11) is 0. The third-order valence-corrected chi connectivity index (χ3v) is 3.84. The molecule has 2 nitrogen and oxygen atoms in total. The molecule has 3 rings (SSSR count). The van der Waals surface area contributed by atoms with Crippen LogP contribution in [0.15, 0.2) is 42.5 Å². The third kappa shape index (κ3) is 2.32. The largest absolute Gasteiger partial charge is 0.280 e. The maximum atomic E-state index is 12.2. The summed E-state index contributed by atoms with van der Waals surface area (Å²) in [5.41, 5.74) is 4.18. The van der Waals surface area contributed by atoms with E-state index < -0.39 is 0 Å². The van der Waals surface area contributed by atoms with E-state index in [0.717, 1.165) is 29.8 Å². The number of benzene rings is 2. The van der Waals surface area contributed by atoms with Gasteiger partial charge < -0.3 is 0 Å². The van der Waals surface area contributed by atoms with Crippen LogP contribution in [-0.2, 0) is 17.6 Å². The van der Waals surface area contributed by atoms with Crippen LogP contribution in [0.5, 0.6) is 0 Å². The van der Waals surface area contributed by atoms with Gasteiger partial charge >= 0.3 is 0 Å². The number of hydrogen-bond acceptors (Lipinski definition) is 1. The summed E-state index contributed by atoms with van der Waals surface area (Å²) in [5.74, 6) is 0.102. The number of fused-ring (bicyclic) bond motifs is 1. The van der Waals surface area contributed by atoms with Crippen LogP contribution in [0.3, 0.4) is 0 Å². The molecule has 0 saturated carbocycles. The van der Waals surface area contributed by atoms with E-state index in [-0.39, 0.29) is 5.91 Å². The fourth-order valence-corrected chi connectivity index (χ4v) is 2.87. The smallest absolute Gasteiger partial charge is 0.236 e. The predicted octanol–water partition coefficient (Wildman–Crippen LogP) is 4.51. The first kappa shape index (κ1) is 13.2. The van der Waals surface area contributed by atoms with Gasteiger partial charge in [-0.05, 0) is 47.9 Å². The molecule has 3 heteroatoms. The molecule has 0 radical (unpaired) electrons. The maximum absolute atomic E-state index is 12.2. The predicted molar refractivity (Wildman–Crippen MR) is 82.7 cm³/mol. The maximum Gasteiger partial charge on any atom is 0.236 e. The number of anilines is 2. The van der Waals surface area contributed by atoms with Crippen molar-refractivity contribution in [2.24, 2.45) is 0 Å². The Morgan fingerprint density at radius 2 is 1.90 bits per heavy atom. The molecule has 0 N–H and O–H groups in total. The van der Waals surface area contributed by atoms with Crippen LogP contribution in [0.2, 0.25) is 5.02 Å². The fraction of sp³-hybridized carbons (Fsp3) is 0.235. The minimum Gasteiger partial charge on any atom is -0.280 e. The number of carbonyl (C=O) groups excluding carboxylic acids is 1. The lowest BCUT2D eigenvalue weighted by atomic mass is 10.1. The number of rotatable bonds is 3. The molecular formula is C17H16ClNO. The topological polar surface area (TPSA) is 20.3 Å². The number of carbonyl (C=O) groups is 1. The Morgan fingerprint density at radius 3 is 2.60 bits per heavy atom. The highest BCUT2D eigenvalue weighted by molar-refractivity contribution is 6.31. The molecule has 102 valence electrons. The molecule has 2 aromatic carbocycles. The van der Waals surface area contributed by atoms with Gasteiger partial charge in [-0.2, -0.15) is 0 Å². The quantitative estimate of drug-likeness (QED) is 0.812. The van der Waals surface area contributed by atoms with Gasteiger partial charge in [0.2, 0.25) is 5.91 Å². The van der Waals surface area contributed by atoms with Crippen LogP contribution in [0.4, 0.5) is 11.4 Å². The van der Waals surface area contributed by atoms with E-state index in [1.807, 2.05) is 30.3 Å². The number of nitrogens with zero attached hydrogens (tertiary/aromatic N) is 1. The van der Waals surface area contributed by atoms with Crippen molar-refractivity contribution in [1.82, 2.24) is 0 Å². The molecule has 1 aliphatic rings. The van der Waals surface area contributed by atoms with Crippen molar-refractivity contribution >= 4 is 28.9 Å². The zero-order chi connectivity index (χ0) is 14.1. The number of hydrogen-bond donors (Lipinski definition) is 0. The first-order valence-electron chi connectivity index (χ1n) is 6.89. The molecule has 20 heavy (non-hydrogen) atoms. The SMILES string of the molecule is CCCc1ccc(N2C(=O)Cc3cc(Cl)ccc32)cc1. The first-order chi connectivity index (χ1) is 9.69. The number of aryl methyl sites for hydroxylation is 1. The molecule has 0 atom stereocenters. The van der Waals surface area contributed by atoms with Crippen molar-refractivity contribution in [3.05, 3.63) is 58.6 Å². The molecule has 1 heterocycles. The summed E-state index contributed by atoms with van der Waals surface area (Å²) >= 11 is 5.99. The van der Waals surface area contributed by atoms with Crippen LogP contribution in [0.25, 0.3) is 0 Å². The average Bonchev–Trinajstić information content (AvgIpc) is 2.75. The first-order valence-corrected chi connectivity index (χ1v) is 7.27. The van der Waals surface area contributed by atoms with Crippen LogP contribution >= 0.6 is 11.6 Å². The Labute approximate surface area is 124 Å². The van der Waals surface area contributed by atoms with Gasteiger partial charge in [0.05, 0.1) is 12.1 Å². The van der Waals surface area contributed by atoms with Gasteiger partial charge in [-0.3, -0.25) is 9.69 Å². The molecule has 0 aliphatic carbocycles. The second-order valence-electron chi connectivity index (χ2n) is 5.10. The van der Waals surface area contributed by atoms with Crippen molar-refractivity contribution in [2.75, 3.05) is 4.90 Å². The van der Waals surface area contributed by atoms with Crippen molar-refractivity contribution in [1.29, 1.82) is 0 Å². The van der Waals surface area contributed by atoms with Crippen LogP contribution < -0.4 is 4.90 Å². The zero-order valence-corrected chi connectivity index (χ0v) is 12.2. The number of halogens is 1. The minimum atomic E-state index is 0.102. The second kappa shape index (κ2) is 5.29. The lowest BCUT2D eigenvalue weighted by Gasteiger charge is -2.18. The Kier molecular flexibility index (Phi) is 3.49. The van der Waals surface area contributed by atoms with Crippen LogP contribution in [-0.4, -0.2) is 5.91 Å². The van der Waals surface area contributed by atoms with E-state index >= 15 is 0 Å². The standard InChI is InChI=1S/C17H16ClNO/c1-2-3-12-4-7-15(8-5-12)19-16-9-6-14(18)10-13(16)11-17(19)20/h4-10H,2-3,11H2,1H3. The lowest BCUT2D eigenvalue weighted by Crippen LogP contribution is -2.20. The van der Waals surface area contributed by atoms with Gasteiger partial charge in [-0.1, -0.05) is 37.1 Å². The molecule has 0 bridgehead atoms. The van der Waals surface area contributed by atoms with Crippen LogP contribution in [0, 0.1) is 0 Å². The van der Waals surface area contributed by atoms with E-state index in [2.05, 4.69) is 19.1 Å². The van der Waals surface area contributed by atoms with Gasteiger partial charge in [-0.15, -0.1) is 0 Å². The van der Waals surface area contributed by atoms with E-state index in [1.165, 1.54) is 5.56 Å². The zero-order valence-electron chi connectivity index (χ0n) is 11.4. The molecular weight excluding hydrogens is 270 g/mol. The lowest BCUT2D eigenvalue weighted by molar-refractivity contribution is -0.116. The molecule has 0 aromatic heterocycles. The van der Waals surface area contributed by atoms with Gasteiger partial charge in [0.25, 0.3) is 0 Å². The highest BCUT2D eigenvalue weighted by atomic mass is 35.5. The molecule has 1 aliphatic heterocycles. The van der Waals surface area contributed by atoms with Crippen molar-refractivity contribution in [2.45, 2.75) is 26.2 Å². The van der Waals surface area contributed by atoms with Gasteiger partial charge in [0.15, 0.2) is 0 Å². The summed E-state index contributed by atoms with van der Waals surface area (Å²) in [4.78, 5) is 14.0. The van der Waals surface area contributed by atoms with Crippen molar-refractivity contribution in [3.8, 4) is 0 Å². The normalized spacial score (nSPS) is 13.7. The van der Waals surface area contributed by atoms with Gasteiger partial charge in [0, 0.05) is 10.7 Å². The summed E-state index contributed by atoms with van der Waals surface area (Å²) in [6, 6.07) is 13.9. The highest BCUT2D eigenvalue weighted by Gasteiger charge is 2.28. The molecule has 0 spiro atoms. The van der Waals surface area contributed by atoms with Crippen LogP contribution in [0.1, 0.15) is 24.5 Å². The Bertz CT molecular complexity index is 649. The van der Waals surface area contributed by atoms with E-state index in [4.69, 9.17) is 11.6 Å². The summed E-state index contributed by atoms with van der Waals surface area (Å²) in [6.45, 7) is 2.16. The highest BCUT2D eigenvalue weighted by Crippen LogP contribution is 2.36. The molecule has 1 amide bonds. The Balaban J connectivity index is 1.96. The van der Waals surface area contributed by atoms with E-state index in [9.17, 15) is 4.79 Å². The van der Waals surface area contributed by atoms with Gasteiger partial charge in [0.1, 0.15) is 0 Å². The van der Waals surface area contributed by atoms with E-state index in [1.54, 1.807) is 4.90 Å². The monoisotopic (exact) mass is 285 g/mol. The summed E-state index contributed by atoms with van der Waals surface area (Å²) in [6.07, 6.45) is 2.62. The Hall–Kier alpha value is -1.80. The summed E-state index contributed by atoms with van der Waals surface area (Å²) in [5, 5.41) is 0.677. The molecule has 0 fully saturated rings. The molecule has 0 saturated heterocycles. The Morgan fingerprint density at radius 1 is 1.15 bits per heavy atom. The average molecular weight is 286 g/mol. The fourth-order valence-electron chi connectivity index (χ4n) is 2.67. The van der Waals surface area contributed by atoms with E-state index in [0.29, 0.717) is 11.4 Å². The molecule has 2 aromatic rings.